The number of nitrogens with zero attached hydrogens (tertiary/aromatic N) is 3. The molecule has 0 bridgehead atoms. The zero-order valence-corrected chi connectivity index (χ0v) is 12.3. The number of hydrogen-bond acceptors (Lipinski definition) is 5. The van der Waals surface area contributed by atoms with Crippen molar-refractivity contribution in [3.8, 4) is 5.88 Å². The van der Waals surface area contributed by atoms with Crippen molar-refractivity contribution in [2.75, 3.05) is 25.1 Å². The van der Waals surface area contributed by atoms with Crippen molar-refractivity contribution >= 4 is 29.3 Å². The molecule has 2 N–H and O–H groups in total. The van der Waals surface area contributed by atoms with Gasteiger partial charge in [0.1, 0.15) is 0 Å². The van der Waals surface area contributed by atoms with E-state index in [1.54, 1.807) is 7.11 Å². The molecule has 1 atom stereocenters. The van der Waals surface area contributed by atoms with Gasteiger partial charge in [-0.15, -0.1) is 12.4 Å². The van der Waals surface area contributed by atoms with Crippen LogP contribution >= 0.6 is 12.4 Å². The summed E-state index contributed by atoms with van der Waals surface area (Å²) >= 11 is 0. The van der Waals surface area contributed by atoms with Gasteiger partial charge in [0.2, 0.25) is 0 Å². The van der Waals surface area contributed by atoms with E-state index >= 15 is 0 Å². The van der Waals surface area contributed by atoms with Gasteiger partial charge in [-0.3, -0.25) is 0 Å². The van der Waals surface area contributed by atoms with E-state index < -0.39 is 0 Å². The van der Waals surface area contributed by atoms with Crippen LogP contribution in [-0.4, -0.2) is 36.2 Å². The Morgan fingerprint density at radius 1 is 1.25 bits per heavy atom. The Labute approximate surface area is 124 Å². The van der Waals surface area contributed by atoms with Crippen LogP contribution in [0.1, 0.15) is 12.8 Å². The molecule has 3 rings (SSSR count). The molecule has 1 aliphatic rings. The van der Waals surface area contributed by atoms with Gasteiger partial charge in [-0.1, -0.05) is 12.1 Å². The number of hydrogen-bond donors (Lipinski definition) is 1. The van der Waals surface area contributed by atoms with E-state index in [4.69, 9.17) is 10.5 Å². The normalized spacial score (nSPS) is 18.7. The van der Waals surface area contributed by atoms with Crippen molar-refractivity contribution in [1.29, 1.82) is 0 Å². The summed E-state index contributed by atoms with van der Waals surface area (Å²) in [6.45, 7) is 1.76. The number of fused-ring (bicyclic) bond motifs is 1. The summed E-state index contributed by atoms with van der Waals surface area (Å²) in [6.07, 6.45) is 2.15. The average molecular weight is 295 g/mol. The monoisotopic (exact) mass is 294 g/mol. The second kappa shape index (κ2) is 6.24. The number of nitrogens with two attached hydrogens (primary N) is 1. The molecule has 0 amide bonds. The van der Waals surface area contributed by atoms with Gasteiger partial charge in [-0.2, -0.15) is 0 Å². The van der Waals surface area contributed by atoms with Gasteiger partial charge in [0.05, 0.1) is 18.1 Å². The Bertz CT molecular complexity index is 592. The first-order valence-corrected chi connectivity index (χ1v) is 6.59. The fourth-order valence-electron chi connectivity index (χ4n) is 2.52. The van der Waals surface area contributed by atoms with Crippen LogP contribution in [0, 0.1) is 0 Å². The van der Waals surface area contributed by atoms with Crippen molar-refractivity contribution < 1.29 is 4.74 Å². The second-order valence-corrected chi connectivity index (χ2v) is 4.89. The molecule has 2 aromatic rings. The summed E-state index contributed by atoms with van der Waals surface area (Å²) in [4.78, 5) is 11.4. The number of rotatable bonds is 2. The molecule has 0 spiro atoms. The zero-order valence-electron chi connectivity index (χ0n) is 11.5. The van der Waals surface area contributed by atoms with Crippen LogP contribution in [0.4, 0.5) is 5.82 Å². The minimum Gasteiger partial charge on any atom is -0.478 e. The van der Waals surface area contributed by atoms with Crippen molar-refractivity contribution in [3.63, 3.8) is 0 Å². The predicted molar refractivity (Wildman–Crippen MR) is 82.8 cm³/mol. The Morgan fingerprint density at radius 3 is 2.60 bits per heavy atom. The number of aromatic nitrogens is 2. The van der Waals surface area contributed by atoms with E-state index in [9.17, 15) is 0 Å². The van der Waals surface area contributed by atoms with E-state index in [1.165, 1.54) is 0 Å². The van der Waals surface area contributed by atoms with E-state index in [1.807, 2.05) is 24.3 Å². The molecule has 0 radical (unpaired) electrons. The molecular weight excluding hydrogens is 276 g/mol. The molecule has 1 aromatic heterocycles. The first-order valence-electron chi connectivity index (χ1n) is 6.59. The fourth-order valence-corrected chi connectivity index (χ4v) is 2.52. The van der Waals surface area contributed by atoms with Crippen LogP contribution in [0.25, 0.3) is 11.0 Å². The van der Waals surface area contributed by atoms with Gasteiger partial charge >= 0.3 is 0 Å². The predicted octanol–water partition coefficient (Wildman–Crippen LogP) is 1.99. The third-order valence-corrected chi connectivity index (χ3v) is 3.47. The molecule has 2 heterocycles. The average Bonchev–Trinajstić information content (AvgIpc) is 2.46. The molecule has 5 nitrogen and oxygen atoms in total. The maximum absolute atomic E-state index is 6.04. The largest absolute Gasteiger partial charge is 0.478 e. The quantitative estimate of drug-likeness (QED) is 0.917. The Balaban J connectivity index is 0.00000147. The number of ether oxygens (including phenoxy) is 1. The van der Waals surface area contributed by atoms with Gasteiger partial charge in [0.15, 0.2) is 5.82 Å². The highest BCUT2D eigenvalue weighted by Gasteiger charge is 2.22. The van der Waals surface area contributed by atoms with E-state index in [0.29, 0.717) is 5.88 Å². The highest BCUT2D eigenvalue weighted by Crippen LogP contribution is 2.28. The van der Waals surface area contributed by atoms with Crippen molar-refractivity contribution in [2.45, 2.75) is 18.9 Å². The summed E-state index contributed by atoms with van der Waals surface area (Å²) in [5.74, 6) is 1.38. The number of para-hydroxylation sites is 2. The van der Waals surface area contributed by atoms with Gasteiger partial charge in [0, 0.05) is 19.1 Å². The molecular formula is C14H19ClN4O. The van der Waals surface area contributed by atoms with Crippen LogP contribution < -0.4 is 15.4 Å². The standard InChI is InChI=1S/C14H18N4O.ClH/c1-19-14-13(18-8-4-5-10(15)9-18)16-11-6-2-3-7-12(11)17-14;/h2-3,6-7,10H,4-5,8-9,15H2,1H3;1H. The molecule has 108 valence electrons. The Hall–Kier alpha value is -1.59. The third-order valence-electron chi connectivity index (χ3n) is 3.47. The molecule has 1 aliphatic heterocycles. The maximum atomic E-state index is 6.04. The molecule has 0 aliphatic carbocycles. The van der Waals surface area contributed by atoms with Crippen molar-refractivity contribution in [3.05, 3.63) is 24.3 Å². The molecule has 1 saturated heterocycles. The van der Waals surface area contributed by atoms with Gasteiger partial charge < -0.3 is 15.4 Å². The van der Waals surface area contributed by atoms with Gasteiger partial charge in [-0.05, 0) is 25.0 Å². The summed E-state index contributed by atoms with van der Waals surface area (Å²) in [6, 6.07) is 8.03. The minimum absolute atomic E-state index is 0. The number of piperidine rings is 1. The maximum Gasteiger partial charge on any atom is 0.257 e. The minimum atomic E-state index is 0. The summed E-state index contributed by atoms with van der Waals surface area (Å²) in [7, 11) is 1.63. The number of benzene rings is 1. The lowest BCUT2D eigenvalue weighted by Crippen LogP contribution is -2.43. The van der Waals surface area contributed by atoms with Crippen LogP contribution in [0.5, 0.6) is 5.88 Å². The van der Waals surface area contributed by atoms with Crippen LogP contribution in [0.2, 0.25) is 0 Å². The highest BCUT2D eigenvalue weighted by molar-refractivity contribution is 5.85. The molecule has 20 heavy (non-hydrogen) atoms. The first-order chi connectivity index (χ1) is 9.28. The van der Waals surface area contributed by atoms with Gasteiger partial charge in [0.25, 0.3) is 5.88 Å². The molecule has 1 unspecified atom stereocenters. The summed E-state index contributed by atoms with van der Waals surface area (Å²) < 4.78 is 5.39. The first kappa shape index (κ1) is 14.8. The number of anilines is 1. The van der Waals surface area contributed by atoms with Crippen LogP contribution in [-0.2, 0) is 0 Å². The summed E-state index contributed by atoms with van der Waals surface area (Å²) in [5, 5.41) is 0. The van der Waals surface area contributed by atoms with E-state index in [2.05, 4.69) is 14.9 Å². The third kappa shape index (κ3) is 2.78. The van der Waals surface area contributed by atoms with Crippen LogP contribution in [0.3, 0.4) is 0 Å². The van der Waals surface area contributed by atoms with Gasteiger partial charge in [-0.25, -0.2) is 9.97 Å². The zero-order chi connectivity index (χ0) is 13.2. The molecule has 0 saturated carbocycles. The lowest BCUT2D eigenvalue weighted by Gasteiger charge is -2.32. The number of methoxy groups -OCH3 is 1. The fraction of sp³-hybridized carbons (Fsp3) is 0.429. The lowest BCUT2D eigenvalue weighted by molar-refractivity contribution is 0.394. The number of halogens is 1. The second-order valence-electron chi connectivity index (χ2n) is 4.89. The summed E-state index contributed by atoms with van der Waals surface area (Å²) in [5.41, 5.74) is 7.77. The van der Waals surface area contributed by atoms with Crippen molar-refractivity contribution in [1.82, 2.24) is 9.97 Å². The topological polar surface area (TPSA) is 64.3 Å². The van der Waals surface area contributed by atoms with E-state index in [0.717, 1.165) is 42.8 Å². The van der Waals surface area contributed by atoms with Crippen molar-refractivity contribution in [2.24, 2.45) is 5.73 Å². The van der Waals surface area contributed by atoms with Crippen LogP contribution in [0.15, 0.2) is 24.3 Å². The Kier molecular flexibility index (Phi) is 4.62. The highest BCUT2D eigenvalue weighted by atomic mass is 35.5. The molecule has 1 fully saturated rings. The van der Waals surface area contributed by atoms with E-state index in [-0.39, 0.29) is 18.4 Å². The molecule has 6 heteroatoms. The Morgan fingerprint density at radius 2 is 1.95 bits per heavy atom. The SMILES string of the molecule is COc1nc2ccccc2nc1N1CCCC(N)C1.Cl. The smallest absolute Gasteiger partial charge is 0.257 e. The molecule has 1 aromatic carbocycles. The lowest BCUT2D eigenvalue weighted by atomic mass is 10.1.